The summed E-state index contributed by atoms with van der Waals surface area (Å²) in [6.45, 7) is 6.58. The molecule has 0 heterocycles. The Morgan fingerprint density at radius 2 is 1.65 bits per heavy atom. The van der Waals surface area contributed by atoms with Crippen molar-refractivity contribution in [2.75, 3.05) is 19.8 Å². The number of benzene rings is 1. The van der Waals surface area contributed by atoms with E-state index < -0.39 is 0 Å². The van der Waals surface area contributed by atoms with Crippen molar-refractivity contribution in [3.8, 4) is 0 Å². The molecular weight excluding hydrogens is 216 g/mol. The summed E-state index contributed by atoms with van der Waals surface area (Å²) in [5.74, 6) is 0. The lowest BCUT2D eigenvalue weighted by atomic mass is 10.2. The molecule has 3 heteroatoms. The molecule has 0 aliphatic carbocycles. The van der Waals surface area contributed by atoms with E-state index in [-0.39, 0.29) is 6.29 Å². The van der Waals surface area contributed by atoms with Gasteiger partial charge in [0, 0.05) is 19.6 Å². The van der Waals surface area contributed by atoms with Crippen LogP contribution in [0.1, 0.15) is 25.8 Å². The fraction of sp³-hybridized carbons (Fsp3) is 0.571. The Kier molecular flexibility index (Phi) is 7.63. The lowest BCUT2D eigenvalue weighted by Crippen LogP contribution is -2.19. The SMILES string of the molecule is CCOC(CCOCc1ccccc1)OCC. The van der Waals surface area contributed by atoms with Gasteiger partial charge in [0.05, 0.1) is 13.2 Å². The molecule has 1 aromatic carbocycles. The highest BCUT2D eigenvalue weighted by Gasteiger charge is 2.07. The molecule has 1 aromatic rings. The predicted molar refractivity (Wildman–Crippen MR) is 67.8 cm³/mol. The van der Waals surface area contributed by atoms with Crippen LogP contribution in [0.5, 0.6) is 0 Å². The summed E-state index contributed by atoms with van der Waals surface area (Å²) in [6, 6.07) is 10.2. The van der Waals surface area contributed by atoms with Gasteiger partial charge >= 0.3 is 0 Å². The summed E-state index contributed by atoms with van der Waals surface area (Å²) in [5.41, 5.74) is 1.19. The van der Waals surface area contributed by atoms with Crippen LogP contribution in [-0.2, 0) is 20.8 Å². The van der Waals surface area contributed by atoms with Crippen LogP contribution in [0.2, 0.25) is 0 Å². The standard InChI is InChI=1S/C14H22O3/c1-3-16-14(17-4-2)10-11-15-12-13-8-6-5-7-9-13/h5-9,14H,3-4,10-12H2,1-2H3. The minimum absolute atomic E-state index is 0.138. The molecule has 96 valence electrons. The molecule has 0 bridgehead atoms. The van der Waals surface area contributed by atoms with Gasteiger partial charge in [-0.2, -0.15) is 0 Å². The highest BCUT2D eigenvalue weighted by atomic mass is 16.7. The van der Waals surface area contributed by atoms with E-state index in [1.54, 1.807) is 0 Å². The molecular formula is C14H22O3. The molecule has 0 radical (unpaired) electrons. The van der Waals surface area contributed by atoms with E-state index in [9.17, 15) is 0 Å². The van der Waals surface area contributed by atoms with E-state index in [1.807, 2.05) is 32.0 Å². The first-order valence-electron chi connectivity index (χ1n) is 6.21. The van der Waals surface area contributed by atoms with Crippen molar-refractivity contribution >= 4 is 0 Å². The third-order valence-corrected chi connectivity index (χ3v) is 2.31. The highest BCUT2D eigenvalue weighted by Crippen LogP contribution is 2.04. The second-order valence-electron chi connectivity index (χ2n) is 3.67. The first-order chi connectivity index (χ1) is 8.36. The monoisotopic (exact) mass is 238 g/mol. The number of ether oxygens (including phenoxy) is 3. The molecule has 1 rings (SSSR count). The largest absolute Gasteiger partial charge is 0.377 e. The van der Waals surface area contributed by atoms with Gasteiger partial charge < -0.3 is 14.2 Å². The van der Waals surface area contributed by atoms with Gasteiger partial charge in [-0.25, -0.2) is 0 Å². The van der Waals surface area contributed by atoms with Crippen LogP contribution in [-0.4, -0.2) is 26.1 Å². The van der Waals surface area contributed by atoms with Gasteiger partial charge in [0.25, 0.3) is 0 Å². The molecule has 0 aliphatic rings. The molecule has 0 aromatic heterocycles. The van der Waals surface area contributed by atoms with Crippen molar-refractivity contribution in [3.05, 3.63) is 35.9 Å². The van der Waals surface area contributed by atoms with Crippen LogP contribution >= 0.6 is 0 Å². The van der Waals surface area contributed by atoms with E-state index in [1.165, 1.54) is 5.56 Å². The van der Waals surface area contributed by atoms with Crippen molar-refractivity contribution in [2.45, 2.75) is 33.2 Å². The van der Waals surface area contributed by atoms with Gasteiger partial charge in [-0.05, 0) is 19.4 Å². The maximum atomic E-state index is 5.58. The van der Waals surface area contributed by atoms with Crippen molar-refractivity contribution in [2.24, 2.45) is 0 Å². The van der Waals surface area contributed by atoms with Crippen LogP contribution in [0.25, 0.3) is 0 Å². The minimum atomic E-state index is -0.138. The normalized spacial score (nSPS) is 11.0. The molecule has 0 saturated carbocycles. The van der Waals surface area contributed by atoms with Crippen LogP contribution in [0.15, 0.2) is 30.3 Å². The molecule has 0 fully saturated rings. The first kappa shape index (κ1) is 14.2. The number of hydrogen-bond acceptors (Lipinski definition) is 3. The molecule has 0 aliphatic heterocycles. The molecule has 0 atom stereocenters. The molecule has 0 unspecified atom stereocenters. The zero-order valence-corrected chi connectivity index (χ0v) is 10.7. The average Bonchev–Trinajstić information content (AvgIpc) is 2.36. The Morgan fingerprint density at radius 3 is 2.24 bits per heavy atom. The van der Waals surface area contributed by atoms with E-state index in [4.69, 9.17) is 14.2 Å². The first-order valence-corrected chi connectivity index (χ1v) is 6.21. The van der Waals surface area contributed by atoms with Crippen LogP contribution in [0.4, 0.5) is 0 Å². The van der Waals surface area contributed by atoms with Crippen molar-refractivity contribution in [1.29, 1.82) is 0 Å². The second kappa shape index (κ2) is 9.16. The Balaban J connectivity index is 2.13. The van der Waals surface area contributed by atoms with Crippen LogP contribution in [0, 0.1) is 0 Å². The van der Waals surface area contributed by atoms with Crippen LogP contribution in [0.3, 0.4) is 0 Å². The molecule has 0 N–H and O–H groups in total. The zero-order valence-electron chi connectivity index (χ0n) is 10.7. The van der Waals surface area contributed by atoms with E-state index in [0.717, 1.165) is 6.42 Å². The van der Waals surface area contributed by atoms with E-state index in [0.29, 0.717) is 26.4 Å². The van der Waals surface area contributed by atoms with Gasteiger partial charge in [-0.1, -0.05) is 30.3 Å². The summed E-state index contributed by atoms with van der Waals surface area (Å²) in [7, 11) is 0. The Morgan fingerprint density at radius 1 is 1.00 bits per heavy atom. The lowest BCUT2D eigenvalue weighted by molar-refractivity contribution is -0.147. The molecule has 0 saturated heterocycles. The smallest absolute Gasteiger partial charge is 0.159 e. The van der Waals surface area contributed by atoms with Crippen molar-refractivity contribution in [3.63, 3.8) is 0 Å². The summed E-state index contributed by atoms with van der Waals surface area (Å²) in [6.07, 6.45) is 0.634. The fourth-order valence-corrected chi connectivity index (χ4v) is 1.53. The maximum absolute atomic E-state index is 5.58. The second-order valence-corrected chi connectivity index (χ2v) is 3.67. The van der Waals surface area contributed by atoms with Crippen molar-refractivity contribution in [1.82, 2.24) is 0 Å². The van der Waals surface area contributed by atoms with Crippen molar-refractivity contribution < 1.29 is 14.2 Å². The summed E-state index contributed by atoms with van der Waals surface area (Å²) in [4.78, 5) is 0. The third kappa shape index (κ3) is 6.41. The van der Waals surface area contributed by atoms with Gasteiger partial charge in [0.1, 0.15) is 0 Å². The molecule has 0 spiro atoms. The summed E-state index contributed by atoms with van der Waals surface area (Å²) in [5, 5.41) is 0. The zero-order chi connectivity index (χ0) is 12.3. The molecule has 17 heavy (non-hydrogen) atoms. The summed E-state index contributed by atoms with van der Waals surface area (Å²) < 4.78 is 16.4. The highest BCUT2D eigenvalue weighted by molar-refractivity contribution is 5.13. The fourth-order valence-electron chi connectivity index (χ4n) is 1.53. The van der Waals surface area contributed by atoms with Gasteiger partial charge in [0.2, 0.25) is 0 Å². The molecule has 0 amide bonds. The van der Waals surface area contributed by atoms with E-state index >= 15 is 0 Å². The Bertz CT molecular complexity index is 268. The maximum Gasteiger partial charge on any atom is 0.159 e. The number of hydrogen-bond donors (Lipinski definition) is 0. The quantitative estimate of drug-likeness (QED) is 0.489. The Labute approximate surface area is 104 Å². The Hall–Kier alpha value is -0.900. The van der Waals surface area contributed by atoms with Gasteiger partial charge in [-0.15, -0.1) is 0 Å². The lowest BCUT2D eigenvalue weighted by Gasteiger charge is -2.16. The predicted octanol–water partition coefficient (Wildman–Crippen LogP) is 2.99. The van der Waals surface area contributed by atoms with E-state index in [2.05, 4.69) is 12.1 Å². The summed E-state index contributed by atoms with van der Waals surface area (Å²) >= 11 is 0. The van der Waals surface area contributed by atoms with Crippen LogP contribution < -0.4 is 0 Å². The van der Waals surface area contributed by atoms with Gasteiger partial charge in [-0.3, -0.25) is 0 Å². The van der Waals surface area contributed by atoms with Gasteiger partial charge in [0.15, 0.2) is 6.29 Å². The average molecular weight is 238 g/mol. The number of rotatable bonds is 9. The third-order valence-electron chi connectivity index (χ3n) is 2.31. The molecule has 3 nitrogen and oxygen atoms in total. The topological polar surface area (TPSA) is 27.7 Å². The minimum Gasteiger partial charge on any atom is -0.377 e.